The molecule has 2 heterocycles. The molecule has 11 heteroatoms. The number of nitrogens with zero attached hydrogens (tertiary/aromatic N) is 3. The Morgan fingerprint density at radius 2 is 1.93 bits per heavy atom. The minimum Gasteiger partial charge on any atom is -0.343 e. The van der Waals surface area contributed by atoms with E-state index in [2.05, 4.69) is 20.8 Å². The van der Waals surface area contributed by atoms with E-state index < -0.39 is 30.7 Å². The smallest absolute Gasteiger partial charge is 0.343 e. The molecule has 0 fully saturated rings. The number of urea groups is 1. The Bertz CT molecular complexity index is 1080. The number of anilines is 1. The van der Waals surface area contributed by atoms with Crippen molar-refractivity contribution in [3.63, 3.8) is 0 Å². The van der Waals surface area contributed by atoms with Gasteiger partial charge in [-0.2, -0.15) is 13.2 Å². The summed E-state index contributed by atoms with van der Waals surface area (Å²) >= 11 is 0. The zero-order valence-electron chi connectivity index (χ0n) is 16.1. The van der Waals surface area contributed by atoms with Gasteiger partial charge in [0.1, 0.15) is 6.54 Å². The maximum atomic E-state index is 12.4. The van der Waals surface area contributed by atoms with E-state index in [1.165, 1.54) is 18.2 Å². The van der Waals surface area contributed by atoms with Crippen molar-refractivity contribution in [2.75, 3.05) is 11.9 Å². The maximum absolute atomic E-state index is 12.4. The highest BCUT2D eigenvalue weighted by Crippen LogP contribution is 2.19. The molecule has 3 amide bonds. The van der Waals surface area contributed by atoms with E-state index in [-0.39, 0.29) is 5.56 Å². The molecule has 0 aliphatic heterocycles. The van der Waals surface area contributed by atoms with Crippen LogP contribution >= 0.6 is 0 Å². The molecule has 3 aromatic rings. The molecule has 30 heavy (non-hydrogen) atoms. The quantitative estimate of drug-likeness (QED) is 0.590. The van der Waals surface area contributed by atoms with E-state index >= 15 is 0 Å². The average molecular weight is 420 g/mol. The zero-order valence-corrected chi connectivity index (χ0v) is 16.1. The summed E-state index contributed by atoms with van der Waals surface area (Å²) in [6, 6.07) is 8.60. The molecule has 3 N–H and O–H groups in total. The molecule has 8 nitrogen and oxygen atoms in total. The van der Waals surface area contributed by atoms with Crippen LogP contribution in [0.3, 0.4) is 0 Å². The molecule has 0 aliphatic carbocycles. The van der Waals surface area contributed by atoms with E-state index in [9.17, 15) is 22.8 Å². The summed E-state index contributed by atoms with van der Waals surface area (Å²) < 4.78 is 38.6. The van der Waals surface area contributed by atoms with Crippen molar-refractivity contribution >= 4 is 23.3 Å². The number of hydrogen-bond donors (Lipinski definition) is 3. The number of hydrogen-bond acceptors (Lipinski definition) is 4. The maximum Gasteiger partial charge on any atom is 0.405 e. The van der Waals surface area contributed by atoms with E-state index in [4.69, 9.17) is 0 Å². The average Bonchev–Trinajstić information content (AvgIpc) is 3.11. The van der Waals surface area contributed by atoms with Crippen molar-refractivity contribution in [1.82, 2.24) is 25.2 Å². The number of fused-ring (bicyclic) bond motifs is 1. The van der Waals surface area contributed by atoms with Crippen LogP contribution in [0.15, 0.2) is 42.6 Å². The minimum absolute atomic E-state index is 0.00310. The number of carbonyl (C=O) groups excluding carboxylic acids is 2. The van der Waals surface area contributed by atoms with Crippen LogP contribution in [0.5, 0.6) is 0 Å². The number of aromatic nitrogens is 3. The first-order valence-electron chi connectivity index (χ1n) is 8.97. The molecule has 2 aromatic heterocycles. The first-order valence-corrected chi connectivity index (χ1v) is 8.97. The van der Waals surface area contributed by atoms with Crippen LogP contribution in [-0.4, -0.2) is 39.3 Å². The Morgan fingerprint density at radius 3 is 2.67 bits per heavy atom. The van der Waals surface area contributed by atoms with Gasteiger partial charge in [-0.25, -0.2) is 4.79 Å². The van der Waals surface area contributed by atoms with Gasteiger partial charge in [0.2, 0.25) is 0 Å². The first kappa shape index (κ1) is 21.1. The topological polar surface area (TPSA) is 100 Å². The number of alkyl halides is 3. The molecule has 158 valence electrons. The molecule has 0 saturated carbocycles. The van der Waals surface area contributed by atoms with Crippen LogP contribution in [0.4, 0.5) is 23.7 Å². The lowest BCUT2D eigenvalue weighted by molar-refractivity contribution is -0.123. The number of benzene rings is 1. The second kappa shape index (κ2) is 8.39. The highest BCUT2D eigenvalue weighted by molar-refractivity contribution is 5.97. The number of amides is 3. The summed E-state index contributed by atoms with van der Waals surface area (Å²) in [5, 5.41) is 15.2. The Morgan fingerprint density at radius 1 is 1.17 bits per heavy atom. The number of nitrogens with one attached hydrogen (secondary N) is 3. The van der Waals surface area contributed by atoms with Crippen molar-refractivity contribution in [1.29, 1.82) is 0 Å². The lowest BCUT2D eigenvalue weighted by Gasteiger charge is -2.15. The fourth-order valence-corrected chi connectivity index (χ4v) is 2.76. The number of carbonyl (C=O) groups is 2. The fourth-order valence-electron chi connectivity index (χ4n) is 2.76. The monoisotopic (exact) mass is 420 g/mol. The summed E-state index contributed by atoms with van der Waals surface area (Å²) in [6.07, 6.45) is -2.74. The molecule has 0 saturated heterocycles. The molecule has 1 aromatic carbocycles. The largest absolute Gasteiger partial charge is 0.405 e. The molecule has 3 rings (SSSR count). The van der Waals surface area contributed by atoms with Crippen molar-refractivity contribution in [3.8, 4) is 0 Å². The standard InChI is InChI=1S/C19H19F3N6O2/c1-11-6-7-13(17(29)23-10-19(20,21)22)9-14(11)25-18(30)24-12(2)16-27-26-15-5-3-4-8-28(15)16/h3-9,12H,10H2,1-2H3,(H,23,29)(H2,24,25,30). The van der Waals surface area contributed by atoms with Gasteiger partial charge < -0.3 is 16.0 Å². The van der Waals surface area contributed by atoms with Crippen LogP contribution in [-0.2, 0) is 0 Å². The fraction of sp³-hybridized carbons (Fsp3) is 0.263. The highest BCUT2D eigenvalue weighted by atomic mass is 19.4. The van der Waals surface area contributed by atoms with Gasteiger partial charge in [0, 0.05) is 17.4 Å². The van der Waals surface area contributed by atoms with Crippen molar-refractivity contribution < 1.29 is 22.8 Å². The van der Waals surface area contributed by atoms with Gasteiger partial charge in [-0.05, 0) is 43.7 Å². The summed E-state index contributed by atoms with van der Waals surface area (Å²) in [7, 11) is 0. The third-order valence-electron chi connectivity index (χ3n) is 4.27. The second-order valence-electron chi connectivity index (χ2n) is 6.63. The molecule has 0 spiro atoms. The molecule has 0 radical (unpaired) electrons. The van der Waals surface area contributed by atoms with Crippen molar-refractivity contribution in [2.45, 2.75) is 26.1 Å². The van der Waals surface area contributed by atoms with Crippen LogP contribution in [0, 0.1) is 6.92 Å². The predicted octanol–water partition coefficient (Wildman–Crippen LogP) is 3.21. The molecular weight excluding hydrogens is 401 g/mol. The number of rotatable bonds is 5. The van der Waals surface area contributed by atoms with Crippen molar-refractivity contribution in [2.24, 2.45) is 0 Å². The minimum atomic E-state index is -4.51. The Hall–Kier alpha value is -3.63. The molecular formula is C19H19F3N6O2. The van der Waals surface area contributed by atoms with E-state index in [1.807, 2.05) is 12.1 Å². The van der Waals surface area contributed by atoms with Gasteiger partial charge in [-0.3, -0.25) is 9.20 Å². The van der Waals surface area contributed by atoms with Crippen LogP contribution in [0.2, 0.25) is 0 Å². The van der Waals surface area contributed by atoms with Crippen LogP contribution in [0.1, 0.15) is 34.7 Å². The number of halogens is 3. The van der Waals surface area contributed by atoms with E-state index in [0.717, 1.165) is 0 Å². The van der Waals surface area contributed by atoms with Crippen molar-refractivity contribution in [3.05, 3.63) is 59.5 Å². The third kappa shape index (κ3) is 5.04. The number of pyridine rings is 1. The summed E-state index contributed by atoms with van der Waals surface area (Å²) in [4.78, 5) is 24.4. The van der Waals surface area contributed by atoms with Crippen LogP contribution < -0.4 is 16.0 Å². The predicted molar refractivity (Wildman–Crippen MR) is 103 cm³/mol. The Kier molecular flexibility index (Phi) is 5.90. The lowest BCUT2D eigenvalue weighted by Crippen LogP contribution is -2.34. The summed E-state index contributed by atoms with van der Waals surface area (Å²) in [5.41, 5.74) is 1.56. The Balaban J connectivity index is 1.68. The Labute approximate surface area is 169 Å². The van der Waals surface area contributed by atoms with Gasteiger partial charge in [0.25, 0.3) is 5.91 Å². The SMILES string of the molecule is Cc1ccc(C(=O)NCC(F)(F)F)cc1NC(=O)NC(C)c1nnc2ccccn12. The molecule has 1 atom stereocenters. The van der Waals surface area contributed by atoms with Gasteiger partial charge in [-0.15, -0.1) is 10.2 Å². The first-order chi connectivity index (χ1) is 14.1. The van der Waals surface area contributed by atoms with Gasteiger partial charge in [0.15, 0.2) is 11.5 Å². The van der Waals surface area contributed by atoms with Gasteiger partial charge in [0.05, 0.1) is 6.04 Å². The second-order valence-corrected chi connectivity index (χ2v) is 6.63. The number of aryl methyl sites for hydroxylation is 1. The van der Waals surface area contributed by atoms with Gasteiger partial charge >= 0.3 is 12.2 Å². The highest BCUT2D eigenvalue weighted by Gasteiger charge is 2.28. The van der Waals surface area contributed by atoms with E-state index in [1.54, 1.807) is 35.8 Å². The lowest BCUT2D eigenvalue weighted by atomic mass is 10.1. The normalized spacial score (nSPS) is 12.4. The summed E-state index contributed by atoms with van der Waals surface area (Å²) in [6.45, 7) is 1.99. The van der Waals surface area contributed by atoms with Crippen LogP contribution in [0.25, 0.3) is 5.65 Å². The zero-order chi connectivity index (χ0) is 21.9. The van der Waals surface area contributed by atoms with E-state index in [0.29, 0.717) is 22.7 Å². The van der Waals surface area contributed by atoms with Gasteiger partial charge in [-0.1, -0.05) is 12.1 Å². The summed E-state index contributed by atoms with van der Waals surface area (Å²) in [5.74, 6) is -0.364. The molecule has 0 aliphatic rings. The molecule has 1 unspecified atom stereocenters. The third-order valence-corrected chi connectivity index (χ3v) is 4.27. The molecule has 0 bridgehead atoms.